The van der Waals surface area contributed by atoms with E-state index in [1.54, 1.807) is 26.2 Å². The number of nitrogens with one attached hydrogen (secondary N) is 3. The predicted molar refractivity (Wildman–Crippen MR) is 177 cm³/mol. The maximum Gasteiger partial charge on any atom is 0.257 e. The number of halogens is 1. The highest BCUT2D eigenvalue weighted by Crippen LogP contribution is 2.29. The van der Waals surface area contributed by atoms with Crippen LogP contribution in [0.1, 0.15) is 76.7 Å². The van der Waals surface area contributed by atoms with E-state index in [-0.39, 0.29) is 22.8 Å². The highest BCUT2D eigenvalue weighted by Gasteiger charge is 2.29. The maximum atomic E-state index is 13.6. The van der Waals surface area contributed by atoms with Gasteiger partial charge in [0.05, 0.1) is 18.3 Å². The van der Waals surface area contributed by atoms with Gasteiger partial charge in [-0.05, 0) is 71.8 Å². The van der Waals surface area contributed by atoms with Gasteiger partial charge < -0.3 is 20.1 Å². The molecule has 1 aromatic rings. The zero-order valence-electron chi connectivity index (χ0n) is 28.0. The lowest BCUT2D eigenvalue weighted by atomic mass is 9.95. The summed E-state index contributed by atoms with van der Waals surface area (Å²) in [6.45, 7) is 20.3. The minimum absolute atomic E-state index is 0.118. The molecule has 0 bridgehead atoms. The normalized spacial score (nSPS) is 14.8. The molecule has 4 N–H and O–H groups in total. The Morgan fingerprint density at radius 2 is 1.84 bits per heavy atom. The summed E-state index contributed by atoms with van der Waals surface area (Å²) in [7, 11) is 4.65. The van der Waals surface area contributed by atoms with Crippen molar-refractivity contribution in [2.24, 2.45) is 0 Å². The topological polar surface area (TPSA) is 120 Å². The number of fused-ring (bicyclic) bond motifs is 1. The van der Waals surface area contributed by atoms with E-state index in [1.165, 1.54) is 17.6 Å². The van der Waals surface area contributed by atoms with Crippen LogP contribution < -0.4 is 20.7 Å². The molecule has 0 aliphatic carbocycles. The third-order valence-electron chi connectivity index (χ3n) is 6.19. The Balaban J connectivity index is 0. The highest BCUT2D eigenvalue weighted by molar-refractivity contribution is 5.98. The summed E-state index contributed by atoms with van der Waals surface area (Å²) in [6.07, 6.45) is 6.86. The second kappa shape index (κ2) is 23.6. The molecule has 0 spiro atoms. The quantitative estimate of drug-likeness (QED) is 0.161. The number of carbonyl (C=O) groups is 3. The van der Waals surface area contributed by atoms with Crippen LogP contribution in [0.5, 0.6) is 5.75 Å². The Morgan fingerprint density at radius 3 is 2.27 bits per heavy atom. The number of allylic oxidation sites excluding steroid dienone is 4. The molecular weight excluding hydrogens is 563 g/mol. The smallest absolute Gasteiger partial charge is 0.257 e. The summed E-state index contributed by atoms with van der Waals surface area (Å²) in [5.41, 5.74) is 2.61. The molecule has 246 valence electrons. The lowest BCUT2D eigenvalue weighted by Crippen LogP contribution is -2.41. The number of hydrogen-bond acceptors (Lipinski definition) is 7. The standard InChI is InChI=1S/C14H20N2O2.C10H10FNO2.C6H13NO.C2H6.C2H4/c1-5-12(7-6-11(2)3)8-9-13(15-4)14(18)16-10-17;1-12-5-6-3-4-7(14-2)9(11)8(6)10(12)13;1-6(8)2-4-7-5-3-6;2*1-2/h6-7,10,13,15H,5H2,1-4H3,(H,16,17,18);3-4H,5H2,1-2H3;7-8H,2-5H2,1H3;1-2H3;1-2H2/b12-7+;;;;. The summed E-state index contributed by atoms with van der Waals surface area (Å²) in [6, 6.07) is 2.58. The number of methoxy groups -OCH3 is 1. The molecule has 3 amide bonds. The van der Waals surface area contributed by atoms with E-state index in [0.717, 1.165) is 43.5 Å². The predicted octanol–water partition coefficient (Wildman–Crippen LogP) is 4.52. The molecule has 2 aliphatic rings. The van der Waals surface area contributed by atoms with Crippen molar-refractivity contribution in [3.63, 3.8) is 0 Å². The molecule has 1 aromatic carbocycles. The third kappa shape index (κ3) is 15.6. The number of amides is 3. The number of piperidine rings is 1. The molecular formula is C34H53FN4O5. The molecule has 1 atom stereocenters. The number of ether oxygens (including phenoxy) is 1. The molecule has 0 saturated carbocycles. The van der Waals surface area contributed by atoms with Crippen LogP contribution in [0.3, 0.4) is 0 Å². The number of aliphatic hydroxyl groups is 1. The molecule has 1 saturated heterocycles. The number of hydrogen-bond donors (Lipinski definition) is 4. The van der Waals surface area contributed by atoms with Gasteiger partial charge >= 0.3 is 0 Å². The third-order valence-corrected chi connectivity index (χ3v) is 6.19. The molecule has 9 nitrogen and oxygen atoms in total. The van der Waals surface area contributed by atoms with E-state index in [1.807, 2.05) is 53.7 Å². The van der Waals surface area contributed by atoms with Gasteiger partial charge in [0.1, 0.15) is 6.04 Å². The monoisotopic (exact) mass is 616 g/mol. The Hall–Kier alpha value is -3.78. The van der Waals surface area contributed by atoms with E-state index >= 15 is 0 Å². The molecule has 10 heteroatoms. The first-order chi connectivity index (χ1) is 20.9. The largest absolute Gasteiger partial charge is 0.494 e. The van der Waals surface area contributed by atoms with Crippen LogP contribution in [0.4, 0.5) is 4.39 Å². The fraction of sp³-hybridized carbons (Fsp3) is 0.500. The number of nitrogens with zero attached hydrogens (tertiary/aromatic N) is 1. The van der Waals surface area contributed by atoms with E-state index in [2.05, 4.69) is 40.9 Å². The minimum atomic E-state index is -0.683. The lowest BCUT2D eigenvalue weighted by Gasteiger charge is -2.27. The number of carbonyl (C=O) groups excluding carboxylic acids is 3. The first-order valence-corrected chi connectivity index (χ1v) is 14.7. The summed E-state index contributed by atoms with van der Waals surface area (Å²) in [5, 5.41) is 17.3. The van der Waals surface area contributed by atoms with Crippen molar-refractivity contribution < 1.29 is 28.6 Å². The van der Waals surface area contributed by atoms with Gasteiger partial charge in [-0.1, -0.05) is 56.4 Å². The van der Waals surface area contributed by atoms with Gasteiger partial charge in [0, 0.05) is 19.2 Å². The van der Waals surface area contributed by atoms with Gasteiger partial charge in [-0.25, -0.2) is 4.39 Å². The second-order valence-corrected chi connectivity index (χ2v) is 9.93. The summed E-state index contributed by atoms with van der Waals surface area (Å²) in [4.78, 5) is 34.6. The van der Waals surface area contributed by atoms with Gasteiger partial charge in [-0.3, -0.25) is 25.0 Å². The average Bonchev–Trinajstić information content (AvgIpc) is 3.31. The van der Waals surface area contributed by atoms with Crippen LogP contribution in [-0.4, -0.2) is 74.2 Å². The second-order valence-electron chi connectivity index (χ2n) is 9.93. The molecule has 3 rings (SSSR count). The van der Waals surface area contributed by atoms with E-state index in [0.29, 0.717) is 13.0 Å². The Kier molecular flexibility index (Phi) is 22.8. The van der Waals surface area contributed by atoms with E-state index < -0.39 is 17.8 Å². The highest BCUT2D eigenvalue weighted by atomic mass is 19.1. The summed E-state index contributed by atoms with van der Waals surface area (Å²) < 4.78 is 18.4. The van der Waals surface area contributed by atoms with Crippen molar-refractivity contribution in [3.8, 4) is 17.6 Å². The van der Waals surface area contributed by atoms with Crippen molar-refractivity contribution in [1.82, 2.24) is 20.9 Å². The Labute approximate surface area is 264 Å². The molecule has 0 radical (unpaired) electrons. The van der Waals surface area contributed by atoms with Crippen molar-refractivity contribution in [2.45, 2.75) is 79.0 Å². The van der Waals surface area contributed by atoms with Crippen molar-refractivity contribution >= 4 is 18.2 Å². The van der Waals surface area contributed by atoms with Crippen LogP contribution in [0.25, 0.3) is 0 Å². The van der Waals surface area contributed by atoms with Gasteiger partial charge in [-0.15, -0.1) is 13.2 Å². The summed E-state index contributed by atoms with van der Waals surface area (Å²) in [5.74, 6) is 4.58. The van der Waals surface area contributed by atoms with Gasteiger partial charge in [0.2, 0.25) is 6.41 Å². The molecule has 0 aromatic heterocycles. The number of likely N-dealkylation sites (N-methyl/N-ethyl adjacent to an activating group) is 1. The van der Waals surface area contributed by atoms with Crippen LogP contribution >= 0.6 is 0 Å². The van der Waals surface area contributed by atoms with Gasteiger partial charge in [0.25, 0.3) is 11.8 Å². The molecule has 2 aliphatic heterocycles. The fourth-order valence-electron chi connectivity index (χ4n) is 3.69. The zero-order valence-corrected chi connectivity index (χ0v) is 28.0. The number of rotatable bonds is 6. The lowest BCUT2D eigenvalue weighted by molar-refractivity contribution is -0.125. The first kappa shape index (κ1) is 42.4. The summed E-state index contributed by atoms with van der Waals surface area (Å²) >= 11 is 0. The average molecular weight is 617 g/mol. The minimum Gasteiger partial charge on any atom is -0.494 e. The Bertz CT molecular complexity index is 1160. The van der Waals surface area contributed by atoms with Crippen LogP contribution in [0.15, 0.2) is 48.6 Å². The maximum absolute atomic E-state index is 13.6. The van der Waals surface area contributed by atoms with Crippen molar-refractivity contribution in [1.29, 1.82) is 0 Å². The number of imide groups is 1. The van der Waals surface area contributed by atoms with Crippen LogP contribution in [0, 0.1) is 17.7 Å². The first-order valence-electron chi connectivity index (χ1n) is 14.7. The van der Waals surface area contributed by atoms with Crippen molar-refractivity contribution in [3.05, 3.63) is 65.5 Å². The van der Waals surface area contributed by atoms with Crippen LogP contribution in [0.2, 0.25) is 0 Å². The molecule has 44 heavy (non-hydrogen) atoms. The zero-order chi connectivity index (χ0) is 34.3. The van der Waals surface area contributed by atoms with Crippen molar-refractivity contribution in [2.75, 3.05) is 34.3 Å². The molecule has 1 unspecified atom stereocenters. The van der Waals surface area contributed by atoms with Gasteiger partial charge in [-0.2, -0.15) is 0 Å². The number of benzene rings is 1. The molecule has 2 heterocycles. The van der Waals surface area contributed by atoms with Gasteiger partial charge in [0.15, 0.2) is 11.6 Å². The van der Waals surface area contributed by atoms with Crippen LogP contribution in [-0.2, 0) is 16.1 Å². The van der Waals surface area contributed by atoms with E-state index in [4.69, 9.17) is 4.74 Å². The molecule has 1 fully saturated rings. The SMILES string of the molecule is C=C.CC.CC/C(C#CC(NC)C(=O)NC=O)=C\C=C(C)C.CC1(O)CCNCC1.COc1ccc2c(c1F)C(=O)N(C)C2. The Morgan fingerprint density at radius 1 is 1.25 bits per heavy atom. The van der Waals surface area contributed by atoms with E-state index in [9.17, 15) is 23.9 Å². The fourth-order valence-corrected chi connectivity index (χ4v) is 3.69.